The van der Waals surface area contributed by atoms with Crippen molar-refractivity contribution in [2.45, 2.75) is 43.9 Å². The van der Waals surface area contributed by atoms with Gasteiger partial charge in [0.05, 0.1) is 10.0 Å². The van der Waals surface area contributed by atoms with Gasteiger partial charge in [-0.05, 0) is 62.1 Å². The summed E-state index contributed by atoms with van der Waals surface area (Å²) in [6, 6.07) is 7.03. The zero-order chi connectivity index (χ0) is 25.3. The highest BCUT2D eigenvalue weighted by Crippen LogP contribution is 2.27. The molecule has 0 radical (unpaired) electrons. The average Bonchev–Trinajstić information content (AvgIpc) is 3.28. The van der Waals surface area contributed by atoms with Crippen LogP contribution in [0.2, 0.25) is 10.0 Å². The third-order valence-electron chi connectivity index (χ3n) is 6.38. The maximum atomic E-state index is 13.8. The molecule has 0 aromatic heterocycles. The first-order valence-corrected chi connectivity index (χ1v) is 12.0. The molecule has 2 fully saturated rings. The number of nitrogens with one attached hydrogen (secondary N) is 1. The number of halogens is 4. The van der Waals surface area contributed by atoms with Gasteiger partial charge in [-0.2, -0.15) is 0 Å². The summed E-state index contributed by atoms with van der Waals surface area (Å²) in [7, 11) is 0. The molecule has 4 rings (SSSR count). The minimum atomic E-state index is -1.28. The Kier molecular flexibility index (Phi) is 7.59. The predicted molar refractivity (Wildman–Crippen MR) is 127 cm³/mol. The first-order chi connectivity index (χ1) is 16.7. The standard InChI is InChI=1S/C24H24Cl2F2N4O3/c25-17-7-1-13(11-18(17)26)23(34)31-9-10-32(24(35)14-2-8-19(27)20(28)12-14)22(31)21(33)30-16-5-3-15(29)4-6-16/h1-2,7-8,11-12,15-16,22H,3-6,9-10,29H2,(H,30,33). The molecule has 1 aliphatic heterocycles. The lowest BCUT2D eigenvalue weighted by Gasteiger charge is -2.33. The van der Waals surface area contributed by atoms with E-state index in [1.54, 1.807) is 0 Å². The summed E-state index contributed by atoms with van der Waals surface area (Å²) in [5.41, 5.74) is 6.02. The molecule has 0 bridgehead atoms. The number of carbonyl (C=O) groups excluding carboxylic acids is 3. The molecule has 3 amide bonds. The predicted octanol–water partition coefficient (Wildman–Crippen LogP) is 3.58. The molecule has 1 atom stereocenters. The Morgan fingerprint density at radius 1 is 0.829 bits per heavy atom. The van der Waals surface area contributed by atoms with Crippen molar-refractivity contribution in [2.75, 3.05) is 13.1 Å². The van der Waals surface area contributed by atoms with Crippen molar-refractivity contribution in [1.29, 1.82) is 0 Å². The van der Waals surface area contributed by atoms with Gasteiger partial charge < -0.3 is 20.9 Å². The third-order valence-corrected chi connectivity index (χ3v) is 7.12. The molecule has 1 saturated heterocycles. The lowest BCUT2D eigenvalue weighted by atomic mass is 9.92. The van der Waals surface area contributed by atoms with E-state index in [9.17, 15) is 23.2 Å². The Hall–Kier alpha value is -2.75. The Bertz CT molecular complexity index is 1090. The van der Waals surface area contributed by atoms with Crippen LogP contribution in [-0.4, -0.2) is 58.9 Å². The van der Waals surface area contributed by atoms with Gasteiger partial charge in [0, 0.05) is 36.3 Å². The summed E-state index contributed by atoms with van der Waals surface area (Å²) >= 11 is 12.0. The van der Waals surface area contributed by atoms with Crippen molar-refractivity contribution >= 4 is 40.9 Å². The smallest absolute Gasteiger partial charge is 0.264 e. The van der Waals surface area contributed by atoms with Gasteiger partial charge >= 0.3 is 0 Å². The van der Waals surface area contributed by atoms with Crippen molar-refractivity contribution in [1.82, 2.24) is 15.1 Å². The van der Waals surface area contributed by atoms with Crippen LogP contribution in [-0.2, 0) is 4.79 Å². The summed E-state index contributed by atoms with van der Waals surface area (Å²) in [6.45, 7) is 0.0840. The van der Waals surface area contributed by atoms with Crippen LogP contribution in [0.4, 0.5) is 8.78 Å². The summed E-state index contributed by atoms with van der Waals surface area (Å²) in [5, 5.41) is 3.37. The molecule has 1 saturated carbocycles. The zero-order valence-electron chi connectivity index (χ0n) is 18.6. The highest BCUT2D eigenvalue weighted by Gasteiger charge is 2.44. The fourth-order valence-electron chi connectivity index (χ4n) is 4.47. The fraction of sp³-hybridized carbons (Fsp3) is 0.375. The lowest BCUT2D eigenvalue weighted by Crippen LogP contribution is -2.56. The molecule has 0 spiro atoms. The largest absolute Gasteiger partial charge is 0.350 e. The highest BCUT2D eigenvalue weighted by atomic mass is 35.5. The van der Waals surface area contributed by atoms with E-state index in [1.807, 2.05) is 0 Å². The molecule has 186 valence electrons. The molecule has 35 heavy (non-hydrogen) atoms. The third kappa shape index (κ3) is 5.42. The van der Waals surface area contributed by atoms with Crippen LogP contribution < -0.4 is 11.1 Å². The van der Waals surface area contributed by atoms with Crippen LogP contribution in [0.1, 0.15) is 46.4 Å². The fourth-order valence-corrected chi connectivity index (χ4v) is 4.76. The Labute approximate surface area is 211 Å². The van der Waals surface area contributed by atoms with Crippen LogP contribution >= 0.6 is 23.2 Å². The topological polar surface area (TPSA) is 95.7 Å². The first kappa shape index (κ1) is 25.3. The molecule has 3 N–H and O–H groups in total. The minimum absolute atomic E-state index is 0.0263. The molecule has 7 nitrogen and oxygen atoms in total. The normalized spacial score (nSPS) is 22.3. The van der Waals surface area contributed by atoms with E-state index in [4.69, 9.17) is 28.9 Å². The van der Waals surface area contributed by atoms with Gasteiger partial charge in [0.25, 0.3) is 17.7 Å². The SMILES string of the molecule is NC1CCC(NC(=O)C2N(C(=O)c3ccc(F)c(F)c3)CCN2C(=O)c2ccc(Cl)c(Cl)c2)CC1. The van der Waals surface area contributed by atoms with E-state index in [0.29, 0.717) is 12.8 Å². The molecule has 1 unspecified atom stereocenters. The number of rotatable bonds is 4. The van der Waals surface area contributed by atoms with E-state index in [0.717, 1.165) is 31.0 Å². The van der Waals surface area contributed by atoms with E-state index < -0.39 is 35.5 Å². The van der Waals surface area contributed by atoms with E-state index in [2.05, 4.69) is 5.32 Å². The second-order valence-electron chi connectivity index (χ2n) is 8.75. The Morgan fingerprint density at radius 3 is 1.97 bits per heavy atom. The first-order valence-electron chi connectivity index (χ1n) is 11.2. The number of amides is 3. The molecule has 2 aromatic rings. The van der Waals surface area contributed by atoms with Gasteiger partial charge in [-0.3, -0.25) is 14.4 Å². The second-order valence-corrected chi connectivity index (χ2v) is 9.56. The minimum Gasteiger partial charge on any atom is -0.350 e. The van der Waals surface area contributed by atoms with Crippen LogP contribution in [0.25, 0.3) is 0 Å². The number of nitrogens with two attached hydrogens (primary N) is 1. The van der Waals surface area contributed by atoms with E-state index >= 15 is 0 Å². The molecule has 11 heteroatoms. The average molecular weight is 525 g/mol. The maximum Gasteiger partial charge on any atom is 0.264 e. The van der Waals surface area contributed by atoms with Crippen molar-refractivity contribution in [3.05, 3.63) is 69.2 Å². The van der Waals surface area contributed by atoms with Crippen molar-refractivity contribution < 1.29 is 23.2 Å². The number of benzene rings is 2. The highest BCUT2D eigenvalue weighted by molar-refractivity contribution is 6.42. The Morgan fingerprint density at radius 2 is 1.40 bits per heavy atom. The van der Waals surface area contributed by atoms with Crippen LogP contribution in [0.3, 0.4) is 0 Å². The summed E-state index contributed by atoms with van der Waals surface area (Å²) < 4.78 is 27.2. The van der Waals surface area contributed by atoms with Crippen molar-refractivity contribution in [2.24, 2.45) is 5.73 Å². The zero-order valence-corrected chi connectivity index (χ0v) is 20.2. The summed E-state index contributed by atoms with van der Waals surface area (Å²) in [4.78, 5) is 42.4. The number of nitrogens with zero attached hydrogens (tertiary/aromatic N) is 2. The van der Waals surface area contributed by atoms with Gasteiger partial charge in [-0.15, -0.1) is 0 Å². The number of hydrogen-bond donors (Lipinski definition) is 2. The molecule has 2 aromatic carbocycles. The van der Waals surface area contributed by atoms with E-state index in [-0.39, 0.29) is 46.3 Å². The van der Waals surface area contributed by atoms with Gasteiger partial charge in [0.15, 0.2) is 17.8 Å². The summed E-state index contributed by atoms with van der Waals surface area (Å²) in [5.74, 6) is -4.02. The second kappa shape index (κ2) is 10.5. The maximum absolute atomic E-state index is 13.8. The summed E-state index contributed by atoms with van der Waals surface area (Å²) in [6.07, 6.45) is 1.57. The van der Waals surface area contributed by atoms with E-state index in [1.165, 1.54) is 28.0 Å². The quantitative estimate of drug-likeness (QED) is 0.638. The monoisotopic (exact) mass is 524 g/mol. The van der Waals surface area contributed by atoms with Gasteiger partial charge in [0.2, 0.25) is 0 Å². The van der Waals surface area contributed by atoms with Crippen molar-refractivity contribution in [3.8, 4) is 0 Å². The molecular formula is C24H24Cl2F2N4O3. The van der Waals surface area contributed by atoms with Crippen LogP contribution in [0.15, 0.2) is 36.4 Å². The number of carbonyl (C=O) groups is 3. The molecule has 1 heterocycles. The molecule has 2 aliphatic rings. The van der Waals surface area contributed by atoms with Crippen LogP contribution in [0, 0.1) is 11.6 Å². The van der Waals surface area contributed by atoms with Crippen LogP contribution in [0.5, 0.6) is 0 Å². The molecular weight excluding hydrogens is 501 g/mol. The van der Waals surface area contributed by atoms with Gasteiger partial charge in [0.1, 0.15) is 0 Å². The van der Waals surface area contributed by atoms with Gasteiger partial charge in [-0.25, -0.2) is 8.78 Å². The van der Waals surface area contributed by atoms with Gasteiger partial charge in [-0.1, -0.05) is 23.2 Å². The lowest BCUT2D eigenvalue weighted by molar-refractivity contribution is -0.129. The van der Waals surface area contributed by atoms with Crippen molar-refractivity contribution in [3.63, 3.8) is 0 Å². The Balaban J connectivity index is 1.62. The number of hydrogen-bond acceptors (Lipinski definition) is 4. The molecule has 1 aliphatic carbocycles.